The van der Waals surface area contributed by atoms with Crippen LogP contribution in [-0.4, -0.2) is 18.7 Å². The second-order valence-electron chi connectivity index (χ2n) is 3.04. The van der Waals surface area contributed by atoms with Crippen LogP contribution in [0, 0.1) is 0 Å². The Balaban J connectivity index is 2.93. The van der Waals surface area contributed by atoms with Crippen LogP contribution in [0.3, 0.4) is 0 Å². The van der Waals surface area contributed by atoms with Crippen LogP contribution in [0.15, 0.2) is 43.0 Å². The summed E-state index contributed by atoms with van der Waals surface area (Å²) >= 11 is 0. The molecule has 16 heavy (non-hydrogen) atoms. The zero-order valence-electron chi connectivity index (χ0n) is 8.77. The van der Waals surface area contributed by atoms with Crippen molar-refractivity contribution < 1.29 is 9.59 Å². The van der Waals surface area contributed by atoms with E-state index in [4.69, 9.17) is 0 Å². The van der Waals surface area contributed by atoms with E-state index in [2.05, 4.69) is 11.9 Å². The monoisotopic (exact) mass is 214 g/mol. The highest BCUT2D eigenvalue weighted by molar-refractivity contribution is 5.98. The maximum atomic E-state index is 11.7. The maximum absolute atomic E-state index is 11.7. The smallest absolute Gasteiger partial charge is 0.252 e. The van der Waals surface area contributed by atoms with Crippen molar-refractivity contribution in [2.75, 3.05) is 6.54 Å². The van der Waals surface area contributed by atoms with E-state index in [-0.39, 0.29) is 5.91 Å². The normalized spacial score (nSPS) is 10.0. The summed E-state index contributed by atoms with van der Waals surface area (Å²) in [5, 5.41) is 2.68. The number of carbonyl (C=O) groups excluding carboxylic acids is 2. The molecule has 1 amide bonds. The minimum absolute atomic E-state index is 0.189. The third-order valence-electron chi connectivity index (χ3n) is 1.94. The predicted octanol–water partition coefficient (Wildman–Crippen LogP) is 1.73. The molecule has 0 fully saturated rings. The first kappa shape index (κ1) is 11.9. The number of carbonyl (C=O) groups is 1. The van der Waals surface area contributed by atoms with Crippen LogP contribution in [0.25, 0.3) is 6.08 Å². The average Bonchev–Trinajstić information content (AvgIpc) is 2.33. The Morgan fingerprint density at radius 3 is 2.88 bits per heavy atom. The molecular weight excluding hydrogens is 202 g/mol. The molecule has 0 aliphatic carbocycles. The first-order valence-corrected chi connectivity index (χ1v) is 4.82. The summed E-state index contributed by atoms with van der Waals surface area (Å²) in [4.78, 5) is 21.8. The SMILES string of the molecule is C=CCNC(=O)c1ccccc1/C=C/[C]=O. The number of hydrogen-bond donors (Lipinski definition) is 1. The Bertz CT molecular complexity index is 422. The van der Waals surface area contributed by atoms with Gasteiger partial charge in [0, 0.05) is 12.1 Å². The van der Waals surface area contributed by atoms with Gasteiger partial charge in [-0.25, -0.2) is 0 Å². The first-order chi connectivity index (χ1) is 7.79. The standard InChI is InChI=1S/C13H12NO2/c1-2-9-14-13(16)12-8-4-3-6-11(12)7-5-10-15/h2-8H,1,9H2,(H,14,16)/b7-5+. The lowest BCUT2D eigenvalue weighted by atomic mass is 10.1. The van der Waals surface area contributed by atoms with Gasteiger partial charge < -0.3 is 5.32 Å². The van der Waals surface area contributed by atoms with Gasteiger partial charge in [-0.05, 0) is 17.7 Å². The van der Waals surface area contributed by atoms with Gasteiger partial charge in [-0.1, -0.05) is 30.4 Å². The van der Waals surface area contributed by atoms with E-state index in [1.54, 1.807) is 42.7 Å². The highest BCUT2D eigenvalue weighted by atomic mass is 16.1. The van der Waals surface area contributed by atoms with E-state index in [1.807, 2.05) is 0 Å². The molecule has 1 N–H and O–H groups in total. The fraction of sp³-hybridized carbons (Fsp3) is 0.0769. The van der Waals surface area contributed by atoms with E-state index in [9.17, 15) is 9.59 Å². The molecule has 0 spiro atoms. The van der Waals surface area contributed by atoms with Crippen LogP contribution in [0.2, 0.25) is 0 Å². The molecule has 0 unspecified atom stereocenters. The summed E-state index contributed by atoms with van der Waals surface area (Å²) in [5.74, 6) is -0.189. The van der Waals surface area contributed by atoms with E-state index >= 15 is 0 Å². The van der Waals surface area contributed by atoms with Crippen molar-refractivity contribution in [3.8, 4) is 0 Å². The van der Waals surface area contributed by atoms with E-state index in [1.165, 1.54) is 6.08 Å². The minimum atomic E-state index is -0.189. The van der Waals surface area contributed by atoms with Gasteiger partial charge in [0.05, 0.1) is 0 Å². The van der Waals surface area contributed by atoms with Crippen molar-refractivity contribution in [3.63, 3.8) is 0 Å². The second-order valence-corrected chi connectivity index (χ2v) is 3.04. The van der Waals surface area contributed by atoms with E-state index in [0.717, 1.165) is 0 Å². The van der Waals surface area contributed by atoms with Crippen LogP contribution < -0.4 is 5.32 Å². The maximum Gasteiger partial charge on any atom is 0.252 e. The zero-order valence-corrected chi connectivity index (χ0v) is 8.77. The van der Waals surface area contributed by atoms with Gasteiger partial charge in [0.15, 0.2) is 0 Å². The summed E-state index contributed by atoms with van der Waals surface area (Å²) in [6.07, 6.45) is 6.04. The number of benzene rings is 1. The molecule has 0 saturated carbocycles. The fourth-order valence-electron chi connectivity index (χ4n) is 1.23. The minimum Gasteiger partial charge on any atom is -0.349 e. The molecule has 0 aliphatic rings. The summed E-state index contributed by atoms with van der Waals surface area (Å²) < 4.78 is 0. The van der Waals surface area contributed by atoms with Crippen molar-refractivity contribution in [2.24, 2.45) is 0 Å². The zero-order chi connectivity index (χ0) is 11.8. The summed E-state index contributed by atoms with van der Waals surface area (Å²) in [6, 6.07) is 7.03. The van der Waals surface area contributed by atoms with Gasteiger partial charge in [0.1, 0.15) is 0 Å². The third-order valence-corrected chi connectivity index (χ3v) is 1.94. The Morgan fingerprint density at radius 1 is 1.44 bits per heavy atom. The van der Waals surface area contributed by atoms with Crippen molar-refractivity contribution in [1.29, 1.82) is 0 Å². The number of allylic oxidation sites excluding steroid dienone is 1. The molecule has 1 aromatic rings. The molecular formula is C13H12NO2. The molecule has 3 heteroatoms. The van der Waals surface area contributed by atoms with Crippen LogP contribution in [0.4, 0.5) is 0 Å². The van der Waals surface area contributed by atoms with Crippen molar-refractivity contribution in [1.82, 2.24) is 5.32 Å². The lowest BCUT2D eigenvalue weighted by Gasteiger charge is -2.05. The molecule has 1 rings (SSSR count). The van der Waals surface area contributed by atoms with Gasteiger partial charge in [-0.15, -0.1) is 6.58 Å². The summed E-state index contributed by atoms with van der Waals surface area (Å²) in [7, 11) is 0. The third kappa shape index (κ3) is 3.20. The highest BCUT2D eigenvalue weighted by Crippen LogP contribution is 2.10. The molecule has 0 atom stereocenters. The Morgan fingerprint density at radius 2 is 2.19 bits per heavy atom. The van der Waals surface area contributed by atoms with Gasteiger partial charge in [0.25, 0.3) is 5.91 Å². The molecule has 0 aliphatic heterocycles. The second kappa shape index (κ2) is 6.35. The lowest BCUT2D eigenvalue weighted by Crippen LogP contribution is -2.23. The molecule has 0 aromatic heterocycles. The average molecular weight is 214 g/mol. The van der Waals surface area contributed by atoms with Crippen molar-refractivity contribution in [2.45, 2.75) is 0 Å². The quantitative estimate of drug-likeness (QED) is 0.599. The van der Waals surface area contributed by atoms with E-state index in [0.29, 0.717) is 17.7 Å². The molecule has 81 valence electrons. The molecule has 1 aromatic carbocycles. The van der Waals surface area contributed by atoms with Gasteiger partial charge in [0.2, 0.25) is 6.29 Å². The molecule has 3 nitrogen and oxygen atoms in total. The van der Waals surface area contributed by atoms with Gasteiger partial charge >= 0.3 is 0 Å². The number of hydrogen-bond acceptors (Lipinski definition) is 2. The number of nitrogens with one attached hydrogen (secondary N) is 1. The molecule has 0 heterocycles. The van der Waals surface area contributed by atoms with Crippen LogP contribution >= 0.6 is 0 Å². The fourth-order valence-corrected chi connectivity index (χ4v) is 1.23. The van der Waals surface area contributed by atoms with Gasteiger partial charge in [-0.3, -0.25) is 9.59 Å². The first-order valence-electron chi connectivity index (χ1n) is 4.82. The van der Waals surface area contributed by atoms with Crippen LogP contribution in [0.1, 0.15) is 15.9 Å². The summed E-state index contributed by atoms with van der Waals surface area (Å²) in [6.45, 7) is 3.93. The number of amides is 1. The molecule has 0 saturated heterocycles. The van der Waals surface area contributed by atoms with Crippen molar-refractivity contribution in [3.05, 3.63) is 54.1 Å². The number of rotatable bonds is 5. The Labute approximate surface area is 94.5 Å². The van der Waals surface area contributed by atoms with Crippen molar-refractivity contribution >= 4 is 18.3 Å². The summed E-state index contributed by atoms with van der Waals surface area (Å²) in [5.41, 5.74) is 1.21. The van der Waals surface area contributed by atoms with E-state index < -0.39 is 0 Å². The topological polar surface area (TPSA) is 46.2 Å². The molecule has 0 bridgehead atoms. The van der Waals surface area contributed by atoms with Gasteiger partial charge in [-0.2, -0.15) is 0 Å². The lowest BCUT2D eigenvalue weighted by molar-refractivity contribution is 0.0958. The van der Waals surface area contributed by atoms with Crippen LogP contribution in [0.5, 0.6) is 0 Å². The molecule has 1 radical (unpaired) electrons. The predicted molar refractivity (Wildman–Crippen MR) is 63.7 cm³/mol. The van der Waals surface area contributed by atoms with Crippen LogP contribution in [-0.2, 0) is 4.79 Å². The largest absolute Gasteiger partial charge is 0.349 e. The Kier molecular flexibility index (Phi) is 4.73. The Hall–Kier alpha value is -2.16. The highest BCUT2D eigenvalue weighted by Gasteiger charge is 2.07.